The van der Waals surface area contributed by atoms with Crippen LogP contribution in [0, 0.1) is 24.7 Å². The van der Waals surface area contributed by atoms with E-state index in [9.17, 15) is 4.79 Å². The lowest BCUT2D eigenvalue weighted by atomic mass is 9.84. The van der Waals surface area contributed by atoms with E-state index in [1.165, 1.54) is 25.7 Å². The molecular weight excluding hydrogens is 298 g/mol. The second-order valence-corrected chi connectivity index (χ2v) is 7.33. The summed E-state index contributed by atoms with van der Waals surface area (Å²) in [5.41, 5.74) is 0.946. The summed E-state index contributed by atoms with van der Waals surface area (Å²) in [6.07, 6.45) is 5.38. The van der Waals surface area contributed by atoms with Crippen molar-refractivity contribution < 1.29 is 9.53 Å². The van der Waals surface area contributed by atoms with Crippen molar-refractivity contribution in [1.82, 2.24) is 5.32 Å². The van der Waals surface area contributed by atoms with Gasteiger partial charge in [0.25, 0.3) is 5.91 Å². The number of hydrogen-bond acceptors (Lipinski definition) is 2. The maximum atomic E-state index is 12.1. The van der Waals surface area contributed by atoms with Crippen molar-refractivity contribution in [1.29, 1.82) is 0 Å². The summed E-state index contributed by atoms with van der Waals surface area (Å²) >= 11 is 5.92. The zero-order chi connectivity index (χ0) is 15.7. The first kappa shape index (κ1) is 15.7. The molecule has 0 aromatic heterocycles. The van der Waals surface area contributed by atoms with Crippen molar-refractivity contribution in [3.8, 4) is 5.75 Å². The highest BCUT2D eigenvalue weighted by atomic mass is 35.5. The molecule has 2 saturated carbocycles. The van der Waals surface area contributed by atoms with E-state index in [-0.39, 0.29) is 18.6 Å². The Bertz CT molecular complexity index is 560. The largest absolute Gasteiger partial charge is 0.484 e. The molecule has 4 heteroatoms. The second kappa shape index (κ2) is 6.49. The number of carbonyl (C=O) groups is 1. The molecule has 0 saturated heterocycles. The number of nitrogens with one attached hydrogen (secondary N) is 1. The van der Waals surface area contributed by atoms with E-state index in [0.29, 0.717) is 16.7 Å². The van der Waals surface area contributed by atoms with Crippen molar-refractivity contribution in [3.05, 3.63) is 28.8 Å². The highest BCUT2D eigenvalue weighted by Crippen LogP contribution is 2.49. The lowest BCUT2D eigenvalue weighted by Gasteiger charge is -2.28. The van der Waals surface area contributed by atoms with Gasteiger partial charge in [-0.3, -0.25) is 4.79 Å². The summed E-state index contributed by atoms with van der Waals surface area (Å²) in [6, 6.07) is 5.68. The molecule has 0 radical (unpaired) electrons. The van der Waals surface area contributed by atoms with E-state index < -0.39 is 0 Å². The molecule has 22 heavy (non-hydrogen) atoms. The Morgan fingerprint density at radius 2 is 2.23 bits per heavy atom. The standard InChI is InChI=1S/C18H24ClNO2/c1-11-7-15(19)5-6-17(11)22-10-18(21)20-12(2)16-9-13-3-4-14(16)8-13/h5-7,12-14,16H,3-4,8-10H2,1-2H3,(H,20,21)/t12-,13+,14+,16+/m0/s1. The van der Waals surface area contributed by atoms with Crippen LogP contribution in [-0.2, 0) is 4.79 Å². The molecule has 2 aliphatic rings. The van der Waals surface area contributed by atoms with Crippen molar-refractivity contribution in [2.45, 2.75) is 45.6 Å². The van der Waals surface area contributed by atoms with Crippen LogP contribution in [0.4, 0.5) is 0 Å². The third-order valence-corrected chi connectivity index (χ3v) is 5.55. The predicted octanol–water partition coefficient (Wildman–Crippen LogP) is 3.97. The fourth-order valence-corrected chi connectivity index (χ4v) is 4.45. The number of aryl methyl sites for hydroxylation is 1. The highest BCUT2D eigenvalue weighted by Gasteiger charge is 2.42. The number of fused-ring (bicyclic) bond motifs is 2. The molecule has 2 aliphatic carbocycles. The van der Waals surface area contributed by atoms with E-state index in [1.54, 1.807) is 6.07 Å². The number of ether oxygens (including phenoxy) is 1. The molecular formula is C18H24ClNO2. The van der Waals surface area contributed by atoms with E-state index in [0.717, 1.165) is 17.4 Å². The molecule has 0 heterocycles. The van der Waals surface area contributed by atoms with Crippen LogP contribution in [0.1, 0.15) is 38.2 Å². The molecule has 1 aromatic rings. The Balaban J connectivity index is 1.48. The van der Waals surface area contributed by atoms with Gasteiger partial charge >= 0.3 is 0 Å². The average molecular weight is 322 g/mol. The van der Waals surface area contributed by atoms with Crippen LogP contribution in [0.2, 0.25) is 5.02 Å². The number of benzene rings is 1. The Morgan fingerprint density at radius 1 is 1.41 bits per heavy atom. The fraction of sp³-hybridized carbons (Fsp3) is 0.611. The minimum atomic E-state index is -0.0374. The minimum Gasteiger partial charge on any atom is -0.484 e. The first-order valence-electron chi connectivity index (χ1n) is 8.21. The second-order valence-electron chi connectivity index (χ2n) is 6.89. The van der Waals surface area contributed by atoms with Gasteiger partial charge in [0.2, 0.25) is 0 Å². The van der Waals surface area contributed by atoms with Crippen molar-refractivity contribution >= 4 is 17.5 Å². The molecule has 2 bridgehead atoms. The normalized spacial score (nSPS) is 27.7. The summed E-state index contributed by atoms with van der Waals surface area (Å²) in [7, 11) is 0. The Kier molecular flexibility index (Phi) is 4.62. The van der Waals surface area contributed by atoms with Gasteiger partial charge in [-0.2, -0.15) is 0 Å². The Hall–Kier alpha value is -1.22. The number of rotatable bonds is 5. The number of hydrogen-bond donors (Lipinski definition) is 1. The Morgan fingerprint density at radius 3 is 2.86 bits per heavy atom. The summed E-state index contributed by atoms with van der Waals surface area (Å²) in [6.45, 7) is 4.13. The fourth-order valence-electron chi connectivity index (χ4n) is 4.23. The first-order chi connectivity index (χ1) is 10.5. The predicted molar refractivity (Wildman–Crippen MR) is 88.2 cm³/mol. The summed E-state index contributed by atoms with van der Waals surface area (Å²) < 4.78 is 5.61. The molecule has 1 aromatic carbocycles. The molecule has 3 nitrogen and oxygen atoms in total. The van der Waals surface area contributed by atoms with Gasteiger partial charge in [0.1, 0.15) is 5.75 Å². The molecule has 1 amide bonds. The van der Waals surface area contributed by atoms with Crippen LogP contribution in [0.15, 0.2) is 18.2 Å². The number of halogens is 1. The zero-order valence-corrected chi connectivity index (χ0v) is 14.0. The van der Waals surface area contributed by atoms with E-state index in [2.05, 4.69) is 12.2 Å². The topological polar surface area (TPSA) is 38.3 Å². The monoisotopic (exact) mass is 321 g/mol. The lowest BCUT2D eigenvalue weighted by molar-refractivity contribution is -0.124. The van der Waals surface area contributed by atoms with Gasteiger partial charge in [-0.1, -0.05) is 18.0 Å². The smallest absolute Gasteiger partial charge is 0.258 e. The van der Waals surface area contributed by atoms with Gasteiger partial charge in [0.15, 0.2) is 6.61 Å². The van der Waals surface area contributed by atoms with E-state index in [4.69, 9.17) is 16.3 Å². The van der Waals surface area contributed by atoms with Crippen molar-refractivity contribution in [2.24, 2.45) is 17.8 Å². The van der Waals surface area contributed by atoms with Gasteiger partial charge < -0.3 is 10.1 Å². The average Bonchev–Trinajstić information content (AvgIpc) is 3.09. The van der Waals surface area contributed by atoms with Crippen molar-refractivity contribution in [3.63, 3.8) is 0 Å². The number of amides is 1. The molecule has 120 valence electrons. The molecule has 1 N–H and O–H groups in total. The van der Waals surface area contributed by atoms with Crippen LogP contribution in [0.25, 0.3) is 0 Å². The SMILES string of the molecule is Cc1cc(Cl)ccc1OCC(=O)N[C@@H](C)[C@H]1C[C@@H]2CC[C@@H]1C2. The van der Waals surface area contributed by atoms with Crippen LogP contribution in [0.5, 0.6) is 5.75 Å². The zero-order valence-electron chi connectivity index (χ0n) is 13.3. The van der Waals surface area contributed by atoms with E-state index >= 15 is 0 Å². The first-order valence-corrected chi connectivity index (χ1v) is 8.59. The van der Waals surface area contributed by atoms with Crippen LogP contribution >= 0.6 is 11.6 Å². The van der Waals surface area contributed by atoms with Crippen molar-refractivity contribution in [2.75, 3.05) is 6.61 Å². The van der Waals surface area contributed by atoms with E-state index in [1.807, 2.05) is 19.1 Å². The highest BCUT2D eigenvalue weighted by molar-refractivity contribution is 6.30. The third kappa shape index (κ3) is 3.40. The Labute approximate surface area is 137 Å². The molecule has 0 aliphatic heterocycles. The molecule has 4 atom stereocenters. The van der Waals surface area contributed by atoms with Gasteiger partial charge in [0, 0.05) is 11.1 Å². The summed E-state index contributed by atoms with van der Waals surface area (Å²) in [5.74, 6) is 3.05. The molecule has 0 spiro atoms. The molecule has 3 rings (SSSR count). The van der Waals surface area contributed by atoms with Crippen LogP contribution in [0.3, 0.4) is 0 Å². The maximum Gasteiger partial charge on any atom is 0.258 e. The number of carbonyl (C=O) groups excluding carboxylic acids is 1. The molecule has 2 fully saturated rings. The quantitative estimate of drug-likeness (QED) is 0.891. The van der Waals surface area contributed by atoms with Gasteiger partial charge in [0.05, 0.1) is 0 Å². The van der Waals surface area contributed by atoms with Crippen LogP contribution < -0.4 is 10.1 Å². The summed E-state index contributed by atoms with van der Waals surface area (Å²) in [4.78, 5) is 12.1. The lowest BCUT2D eigenvalue weighted by Crippen LogP contribution is -2.42. The third-order valence-electron chi connectivity index (χ3n) is 5.32. The minimum absolute atomic E-state index is 0.0374. The van der Waals surface area contributed by atoms with Gasteiger partial charge in [-0.05, 0) is 74.6 Å². The van der Waals surface area contributed by atoms with Crippen LogP contribution in [-0.4, -0.2) is 18.6 Å². The molecule has 0 unspecified atom stereocenters. The van der Waals surface area contributed by atoms with Gasteiger partial charge in [-0.15, -0.1) is 0 Å². The van der Waals surface area contributed by atoms with Gasteiger partial charge in [-0.25, -0.2) is 0 Å². The maximum absolute atomic E-state index is 12.1. The summed E-state index contributed by atoms with van der Waals surface area (Å²) in [5, 5.41) is 3.80.